The number of primary amides is 1. The van der Waals surface area contributed by atoms with Gasteiger partial charge in [-0.3, -0.25) is 9.59 Å². The van der Waals surface area contributed by atoms with E-state index in [1.54, 1.807) is 12.1 Å². The summed E-state index contributed by atoms with van der Waals surface area (Å²) in [6.45, 7) is 0.561. The molecule has 1 aliphatic rings. The van der Waals surface area contributed by atoms with Gasteiger partial charge in [0.05, 0.1) is 0 Å². The van der Waals surface area contributed by atoms with Gasteiger partial charge in [-0.25, -0.2) is 0 Å². The Bertz CT molecular complexity index is 770. The first-order valence-corrected chi connectivity index (χ1v) is 8.84. The molecule has 2 aromatic rings. The second-order valence-corrected chi connectivity index (χ2v) is 6.81. The summed E-state index contributed by atoms with van der Waals surface area (Å²) in [7, 11) is 0. The summed E-state index contributed by atoms with van der Waals surface area (Å²) in [5, 5.41) is 0.704. The van der Waals surface area contributed by atoms with E-state index in [4.69, 9.17) is 17.3 Å². The summed E-state index contributed by atoms with van der Waals surface area (Å²) in [6, 6.07) is 15.1. The molecule has 2 amide bonds. The van der Waals surface area contributed by atoms with Crippen molar-refractivity contribution >= 4 is 23.4 Å². The Morgan fingerprint density at radius 3 is 2.36 bits per heavy atom. The maximum atomic E-state index is 12.7. The van der Waals surface area contributed by atoms with E-state index in [9.17, 15) is 9.59 Å². The van der Waals surface area contributed by atoms with Gasteiger partial charge in [0.25, 0.3) is 0 Å². The molecule has 0 atom stereocenters. The highest BCUT2D eigenvalue weighted by atomic mass is 35.5. The van der Waals surface area contributed by atoms with Crippen LogP contribution in [0.3, 0.4) is 0 Å². The number of rotatable bonds is 7. The van der Waals surface area contributed by atoms with Crippen molar-refractivity contribution in [2.24, 2.45) is 5.73 Å². The SMILES string of the molecule is NC(=O)c1ccc(CN(C(=O)CCc2ccccc2Cl)C2CC2)cc1. The lowest BCUT2D eigenvalue weighted by molar-refractivity contribution is -0.132. The molecule has 0 aromatic heterocycles. The van der Waals surface area contributed by atoms with E-state index < -0.39 is 5.91 Å². The van der Waals surface area contributed by atoms with E-state index >= 15 is 0 Å². The molecule has 0 aliphatic heterocycles. The molecule has 1 fully saturated rings. The maximum Gasteiger partial charge on any atom is 0.248 e. The minimum Gasteiger partial charge on any atom is -0.366 e. The largest absolute Gasteiger partial charge is 0.366 e. The van der Waals surface area contributed by atoms with E-state index in [0.717, 1.165) is 24.0 Å². The van der Waals surface area contributed by atoms with E-state index in [1.165, 1.54) is 0 Å². The maximum absolute atomic E-state index is 12.7. The van der Waals surface area contributed by atoms with Gasteiger partial charge in [-0.15, -0.1) is 0 Å². The van der Waals surface area contributed by atoms with Crippen LogP contribution in [0, 0.1) is 0 Å². The lowest BCUT2D eigenvalue weighted by Gasteiger charge is -2.23. The summed E-state index contributed by atoms with van der Waals surface area (Å²) in [5.74, 6) is -0.303. The van der Waals surface area contributed by atoms with Crippen molar-refractivity contribution in [3.63, 3.8) is 0 Å². The fraction of sp³-hybridized carbons (Fsp3) is 0.300. The van der Waals surface area contributed by atoms with Gasteiger partial charge in [0.1, 0.15) is 0 Å². The lowest BCUT2D eigenvalue weighted by Crippen LogP contribution is -2.32. The van der Waals surface area contributed by atoms with Gasteiger partial charge in [-0.05, 0) is 48.6 Å². The summed E-state index contributed by atoms with van der Waals surface area (Å²) in [5.41, 5.74) is 7.74. The van der Waals surface area contributed by atoms with Crippen molar-refractivity contribution < 1.29 is 9.59 Å². The number of hydrogen-bond acceptors (Lipinski definition) is 2. The molecule has 1 saturated carbocycles. The average Bonchev–Trinajstić information content (AvgIpc) is 3.44. The van der Waals surface area contributed by atoms with E-state index in [2.05, 4.69) is 0 Å². The first-order valence-electron chi connectivity index (χ1n) is 8.46. The second kappa shape index (κ2) is 7.70. The zero-order valence-corrected chi connectivity index (χ0v) is 14.7. The quantitative estimate of drug-likeness (QED) is 0.824. The van der Waals surface area contributed by atoms with Gasteiger partial charge in [0.15, 0.2) is 0 Å². The first kappa shape index (κ1) is 17.5. The normalized spacial score (nSPS) is 13.5. The Morgan fingerprint density at radius 1 is 1.08 bits per heavy atom. The van der Waals surface area contributed by atoms with Gasteiger partial charge >= 0.3 is 0 Å². The molecule has 0 bridgehead atoms. The van der Waals surface area contributed by atoms with Crippen LogP contribution in [0.5, 0.6) is 0 Å². The first-order chi connectivity index (χ1) is 12.0. The van der Waals surface area contributed by atoms with Crippen molar-refractivity contribution in [3.8, 4) is 0 Å². The molecule has 0 unspecified atom stereocenters. The van der Waals surface area contributed by atoms with Crippen LogP contribution in [0.1, 0.15) is 40.7 Å². The molecule has 3 rings (SSSR count). The summed E-state index contributed by atoms with van der Waals surface area (Å²) in [6.07, 6.45) is 3.19. The van der Waals surface area contributed by atoms with Crippen LogP contribution >= 0.6 is 11.6 Å². The van der Waals surface area contributed by atoms with Crippen LogP contribution in [0.4, 0.5) is 0 Å². The Balaban J connectivity index is 1.63. The van der Waals surface area contributed by atoms with E-state index in [1.807, 2.05) is 41.3 Å². The van der Waals surface area contributed by atoms with Crippen LogP contribution in [0.2, 0.25) is 5.02 Å². The molecule has 0 spiro atoms. The Kier molecular flexibility index (Phi) is 5.39. The lowest BCUT2D eigenvalue weighted by atomic mass is 10.1. The molecule has 2 N–H and O–H groups in total. The fourth-order valence-electron chi connectivity index (χ4n) is 2.86. The van der Waals surface area contributed by atoms with Crippen molar-refractivity contribution in [1.29, 1.82) is 0 Å². The number of hydrogen-bond donors (Lipinski definition) is 1. The molecule has 1 aliphatic carbocycles. The number of nitrogens with zero attached hydrogens (tertiary/aromatic N) is 1. The molecule has 5 heteroatoms. The second-order valence-electron chi connectivity index (χ2n) is 6.41. The van der Waals surface area contributed by atoms with Gasteiger partial charge in [-0.1, -0.05) is 41.9 Å². The van der Waals surface area contributed by atoms with Crippen molar-refractivity contribution in [2.75, 3.05) is 0 Å². The minimum atomic E-state index is -0.443. The third kappa shape index (κ3) is 4.60. The Hall–Kier alpha value is -2.33. The highest BCUT2D eigenvalue weighted by Crippen LogP contribution is 2.29. The number of carbonyl (C=O) groups is 2. The molecule has 0 radical (unpaired) electrons. The van der Waals surface area contributed by atoms with Crippen LogP contribution in [0.25, 0.3) is 0 Å². The molecular formula is C20H21ClN2O2. The van der Waals surface area contributed by atoms with Gasteiger partial charge < -0.3 is 10.6 Å². The monoisotopic (exact) mass is 356 g/mol. The zero-order chi connectivity index (χ0) is 17.8. The molecule has 4 nitrogen and oxygen atoms in total. The van der Waals surface area contributed by atoms with Crippen LogP contribution in [-0.2, 0) is 17.8 Å². The topological polar surface area (TPSA) is 63.4 Å². The number of aryl methyl sites for hydroxylation is 1. The predicted octanol–water partition coefficient (Wildman–Crippen LogP) is 3.56. The molecular weight excluding hydrogens is 336 g/mol. The fourth-order valence-corrected chi connectivity index (χ4v) is 3.09. The summed E-state index contributed by atoms with van der Waals surface area (Å²) < 4.78 is 0. The van der Waals surface area contributed by atoms with E-state index in [0.29, 0.717) is 36.0 Å². The van der Waals surface area contributed by atoms with Gasteiger partial charge in [0, 0.05) is 29.6 Å². The average molecular weight is 357 g/mol. The van der Waals surface area contributed by atoms with Crippen LogP contribution in [0.15, 0.2) is 48.5 Å². The number of halogens is 1. The number of carbonyl (C=O) groups excluding carboxylic acids is 2. The molecule has 130 valence electrons. The van der Waals surface area contributed by atoms with Gasteiger partial charge in [0.2, 0.25) is 11.8 Å². The smallest absolute Gasteiger partial charge is 0.248 e. The van der Waals surface area contributed by atoms with E-state index in [-0.39, 0.29) is 5.91 Å². The molecule has 2 aromatic carbocycles. The highest BCUT2D eigenvalue weighted by Gasteiger charge is 2.32. The summed E-state index contributed by atoms with van der Waals surface area (Å²) >= 11 is 6.17. The molecule has 25 heavy (non-hydrogen) atoms. The Morgan fingerprint density at radius 2 is 1.76 bits per heavy atom. The summed E-state index contributed by atoms with van der Waals surface area (Å²) in [4.78, 5) is 25.8. The minimum absolute atomic E-state index is 0.140. The number of benzene rings is 2. The van der Waals surface area contributed by atoms with Crippen molar-refractivity contribution in [2.45, 2.75) is 38.3 Å². The molecule has 0 heterocycles. The van der Waals surface area contributed by atoms with Crippen molar-refractivity contribution in [1.82, 2.24) is 4.90 Å². The van der Waals surface area contributed by atoms with Crippen LogP contribution < -0.4 is 5.73 Å². The molecule has 0 saturated heterocycles. The number of amides is 2. The number of nitrogens with two attached hydrogens (primary N) is 1. The third-order valence-corrected chi connectivity index (χ3v) is 4.83. The highest BCUT2D eigenvalue weighted by molar-refractivity contribution is 6.31. The van der Waals surface area contributed by atoms with Crippen LogP contribution in [-0.4, -0.2) is 22.8 Å². The zero-order valence-electron chi connectivity index (χ0n) is 14.0. The predicted molar refractivity (Wildman–Crippen MR) is 98.3 cm³/mol. The van der Waals surface area contributed by atoms with Gasteiger partial charge in [-0.2, -0.15) is 0 Å². The standard InChI is InChI=1S/C20H21ClN2O2/c21-18-4-2-1-3-15(18)9-12-19(24)23(17-10-11-17)13-14-5-7-16(8-6-14)20(22)25/h1-8,17H,9-13H2,(H2,22,25). The third-order valence-electron chi connectivity index (χ3n) is 4.47. The Labute approximate surface area is 152 Å². The van der Waals surface area contributed by atoms with Crippen molar-refractivity contribution in [3.05, 3.63) is 70.2 Å².